The third kappa shape index (κ3) is 2.53. The Bertz CT molecular complexity index is 428. The minimum atomic E-state index is -1.20. The zero-order valence-corrected chi connectivity index (χ0v) is 7.56. The van der Waals surface area contributed by atoms with Crippen LogP contribution < -0.4 is 11.1 Å². The maximum atomic E-state index is 10.9. The maximum Gasteiger partial charge on any atom is 0.337 e. The fourth-order valence-corrected chi connectivity index (χ4v) is 0.963. The maximum absolute atomic E-state index is 10.9. The van der Waals surface area contributed by atoms with Gasteiger partial charge in [-0.15, -0.1) is 0 Å². The van der Waals surface area contributed by atoms with Gasteiger partial charge in [-0.25, -0.2) is 4.79 Å². The molecule has 15 heavy (non-hydrogen) atoms. The van der Waals surface area contributed by atoms with Crippen molar-refractivity contribution in [2.24, 2.45) is 5.73 Å². The second kappa shape index (κ2) is 4.23. The molecule has 1 rings (SSSR count). The summed E-state index contributed by atoms with van der Waals surface area (Å²) in [5.74, 6) is -3.42. The molecule has 78 valence electrons. The van der Waals surface area contributed by atoms with Crippen LogP contribution in [0.15, 0.2) is 24.3 Å². The molecule has 0 fully saturated rings. The zero-order chi connectivity index (χ0) is 11.4. The minimum absolute atomic E-state index is 0.0359. The highest BCUT2D eigenvalue weighted by molar-refractivity contribution is 6.39. The molecule has 4 N–H and O–H groups in total. The molecule has 0 spiro atoms. The van der Waals surface area contributed by atoms with Gasteiger partial charge in [-0.2, -0.15) is 0 Å². The van der Waals surface area contributed by atoms with Gasteiger partial charge >= 0.3 is 17.8 Å². The first-order chi connectivity index (χ1) is 7.02. The predicted molar refractivity (Wildman–Crippen MR) is 51.2 cm³/mol. The zero-order valence-electron chi connectivity index (χ0n) is 7.56. The van der Waals surface area contributed by atoms with Gasteiger partial charge in [0.05, 0.1) is 11.3 Å². The van der Waals surface area contributed by atoms with E-state index >= 15 is 0 Å². The first-order valence-corrected chi connectivity index (χ1v) is 3.95. The van der Waals surface area contributed by atoms with Crippen molar-refractivity contribution >= 4 is 23.5 Å². The van der Waals surface area contributed by atoms with E-state index in [9.17, 15) is 14.4 Å². The van der Waals surface area contributed by atoms with E-state index in [-0.39, 0.29) is 11.3 Å². The summed E-state index contributed by atoms with van der Waals surface area (Å²) in [6, 6.07) is 5.70. The van der Waals surface area contributed by atoms with E-state index in [4.69, 9.17) is 10.8 Å². The highest BCUT2D eigenvalue weighted by Gasteiger charge is 2.14. The number of carboxylic acid groups (broad SMARTS) is 1. The second-order valence-electron chi connectivity index (χ2n) is 2.67. The van der Waals surface area contributed by atoms with E-state index in [0.29, 0.717) is 0 Å². The number of aromatic carboxylic acids is 1. The third-order valence-corrected chi connectivity index (χ3v) is 1.63. The summed E-state index contributed by atoms with van der Waals surface area (Å²) in [7, 11) is 0. The fourth-order valence-electron chi connectivity index (χ4n) is 0.963. The number of carboxylic acids is 1. The molecule has 1 aromatic carbocycles. The molecule has 0 aliphatic carbocycles. The van der Waals surface area contributed by atoms with E-state index in [0.717, 1.165) is 0 Å². The molecule has 6 nitrogen and oxygen atoms in total. The molecule has 2 amide bonds. The molecule has 0 aliphatic rings. The Balaban J connectivity index is 2.99. The molecular formula is C9H8N2O4. The predicted octanol–water partition coefficient (Wildman–Crippen LogP) is -0.191. The third-order valence-electron chi connectivity index (χ3n) is 1.63. The molecule has 1 aromatic rings. The Morgan fingerprint density at radius 2 is 1.80 bits per heavy atom. The number of nitrogens with one attached hydrogen (secondary N) is 1. The number of carbonyl (C=O) groups excluding carboxylic acids is 2. The van der Waals surface area contributed by atoms with Gasteiger partial charge in [0.25, 0.3) is 0 Å². The van der Waals surface area contributed by atoms with Crippen LogP contribution in [-0.2, 0) is 9.59 Å². The van der Waals surface area contributed by atoms with Crippen molar-refractivity contribution in [3.63, 3.8) is 0 Å². The lowest BCUT2D eigenvalue weighted by atomic mass is 10.2. The standard InChI is InChI=1S/C9H8N2O4/c10-7(12)8(13)11-6-4-2-1-3-5(6)9(14)15/h1-4H,(H2,10,12)(H,11,13)(H,14,15). The lowest BCUT2D eigenvalue weighted by molar-refractivity contribution is -0.134. The summed E-state index contributed by atoms with van der Waals surface area (Å²) in [6.45, 7) is 0. The number of anilines is 1. The summed E-state index contributed by atoms with van der Waals surface area (Å²) in [4.78, 5) is 32.1. The molecule has 0 saturated heterocycles. The summed E-state index contributed by atoms with van der Waals surface area (Å²) in [5.41, 5.74) is 4.64. The Hall–Kier alpha value is -2.37. The largest absolute Gasteiger partial charge is 0.478 e. The van der Waals surface area contributed by atoms with Crippen LogP contribution in [0.25, 0.3) is 0 Å². The molecule has 0 saturated carbocycles. The van der Waals surface area contributed by atoms with E-state index < -0.39 is 17.8 Å². The number of carbonyl (C=O) groups is 3. The lowest BCUT2D eigenvalue weighted by Crippen LogP contribution is -2.30. The van der Waals surface area contributed by atoms with Crippen LogP contribution in [0.4, 0.5) is 5.69 Å². The fraction of sp³-hybridized carbons (Fsp3) is 0. The average Bonchev–Trinajstić information content (AvgIpc) is 2.18. The van der Waals surface area contributed by atoms with Crippen molar-refractivity contribution in [2.45, 2.75) is 0 Å². The smallest absolute Gasteiger partial charge is 0.337 e. The highest BCUT2D eigenvalue weighted by Crippen LogP contribution is 2.14. The second-order valence-corrected chi connectivity index (χ2v) is 2.67. The van der Waals surface area contributed by atoms with Gasteiger partial charge in [0, 0.05) is 0 Å². The Morgan fingerprint density at radius 3 is 2.33 bits per heavy atom. The molecule has 0 atom stereocenters. The van der Waals surface area contributed by atoms with Crippen LogP contribution in [0.1, 0.15) is 10.4 Å². The number of hydrogen-bond donors (Lipinski definition) is 3. The van der Waals surface area contributed by atoms with Gasteiger partial charge in [-0.3, -0.25) is 9.59 Å². The molecule has 0 aliphatic heterocycles. The van der Waals surface area contributed by atoms with Gasteiger partial charge < -0.3 is 16.2 Å². The van der Waals surface area contributed by atoms with E-state index in [2.05, 4.69) is 5.32 Å². The quantitative estimate of drug-likeness (QED) is 0.585. The van der Waals surface area contributed by atoms with Crippen LogP contribution in [0, 0.1) is 0 Å². The Labute approximate surface area is 84.7 Å². The summed E-state index contributed by atoms with van der Waals surface area (Å²) in [6.07, 6.45) is 0. The molecule has 0 aromatic heterocycles. The Kier molecular flexibility index (Phi) is 3.02. The van der Waals surface area contributed by atoms with Gasteiger partial charge in [0.15, 0.2) is 0 Å². The van der Waals surface area contributed by atoms with Crippen molar-refractivity contribution in [1.82, 2.24) is 0 Å². The van der Waals surface area contributed by atoms with E-state index in [1.165, 1.54) is 24.3 Å². The number of para-hydroxylation sites is 1. The van der Waals surface area contributed by atoms with Crippen molar-refractivity contribution in [3.8, 4) is 0 Å². The molecule has 0 bridgehead atoms. The van der Waals surface area contributed by atoms with Crippen LogP contribution >= 0.6 is 0 Å². The van der Waals surface area contributed by atoms with Crippen molar-refractivity contribution < 1.29 is 19.5 Å². The first kappa shape index (κ1) is 10.7. The highest BCUT2D eigenvalue weighted by atomic mass is 16.4. The van der Waals surface area contributed by atoms with Crippen LogP contribution in [0.3, 0.4) is 0 Å². The molecule has 0 heterocycles. The van der Waals surface area contributed by atoms with Gasteiger partial charge in [-0.05, 0) is 12.1 Å². The lowest BCUT2D eigenvalue weighted by Gasteiger charge is -2.05. The minimum Gasteiger partial charge on any atom is -0.478 e. The molecule has 6 heteroatoms. The van der Waals surface area contributed by atoms with Gasteiger partial charge in [0.1, 0.15) is 0 Å². The molecule has 0 unspecified atom stereocenters. The number of primary amides is 1. The number of benzene rings is 1. The first-order valence-electron chi connectivity index (χ1n) is 3.95. The van der Waals surface area contributed by atoms with Crippen molar-refractivity contribution in [3.05, 3.63) is 29.8 Å². The monoisotopic (exact) mass is 208 g/mol. The van der Waals surface area contributed by atoms with Crippen LogP contribution in [0.5, 0.6) is 0 Å². The van der Waals surface area contributed by atoms with Crippen molar-refractivity contribution in [1.29, 1.82) is 0 Å². The van der Waals surface area contributed by atoms with E-state index in [1.54, 1.807) is 0 Å². The molecule has 0 radical (unpaired) electrons. The van der Waals surface area contributed by atoms with Gasteiger partial charge in [0.2, 0.25) is 0 Å². The summed E-state index contributed by atoms with van der Waals surface area (Å²) in [5, 5.41) is 10.8. The summed E-state index contributed by atoms with van der Waals surface area (Å²) < 4.78 is 0. The summed E-state index contributed by atoms with van der Waals surface area (Å²) >= 11 is 0. The Morgan fingerprint density at radius 1 is 1.20 bits per heavy atom. The van der Waals surface area contributed by atoms with Gasteiger partial charge in [-0.1, -0.05) is 12.1 Å². The SMILES string of the molecule is NC(=O)C(=O)Nc1ccccc1C(=O)O. The van der Waals surface area contributed by atoms with E-state index in [1.807, 2.05) is 0 Å². The average molecular weight is 208 g/mol. The van der Waals surface area contributed by atoms with Crippen LogP contribution in [0.2, 0.25) is 0 Å². The van der Waals surface area contributed by atoms with Crippen LogP contribution in [-0.4, -0.2) is 22.9 Å². The topological polar surface area (TPSA) is 109 Å². The molecular weight excluding hydrogens is 200 g/mol. The normalized spacial score (nSPS) is 9.33. The number of nitrogens with two attached hydrogens (primary N) is 1. The number of hydrogen-bond acceptors (Lipinski definition) is 3. The number of amides is 2. The number of rotatable bonds is 2. The van der Waals surface area contributed by atoms with Crippen molar-refractivity contribution in [2.75, 3.05) is 5.32 Å².